The van der Waals surface area contributed by atoms with E-state index >= 15 is 0 Å². The number of halogens is 1. The third-order valence-electron chi connectivity index (χ3n) is 2.37. The second kappa shape index (κ2) is 6.56. The van der Waals surface area contributed by atoms with Crippen molar-refractivity contribution in [3.63, 3.8) is 0 Å². The lowest BCUT2D eigenvalue weighted by atomic mass is 10.2. The van der Waals surface area contributed by atoms with Gasteiger partial charge >= 0.3 is 5.69 Å². The van der Waals surface area contributed by atoms with Gasteiger partial charge in [0.2, 0.25) is 5.82 Å². The maximum Gasteiger partial charge on any atom is 0.305 e. The van der Waals surface area contributed by atoms with Gasteiger partial charge in [-0.05, 0) is 13.3 Å². The number of nitrogens with zero attached hydrogens (tertiary/aromatic N) is 2. The van der Waals surface area contributed by atoms with Crippen LogP contribution in [0.5, 0.6) is 0 Å². The molecule has 1 aromatic rings. The fourth-order valence-electron chi connectivity index (χ4n) is 1.45. The zero-order valence-electron chi connectivity index (χ0n) is 9.85. The molecule has 0 saturated carbocycles. The van der Waals surface area contributed by atoms with Crippen LogP contribution in [0.1, 0.15) is 5.56 Å². The number of nitro groups is 1. The molecular weight excluding hydrogens is 243 g/mol. The quantitative estimate of drug-likeness (QED) is 0.581. The second-order valence-electron chi connectivity index (χ2n) is 3.74. The van der Waals surface area contributed by atoms with Gasteiger partial charge in [0.15, 0.2) is 0 Å². The molecule has 0 atom stereocenters. The van der Waals surface area contributed by atoms with Gasteiger partial charge in [0.25, 0.3) is 0 Å². The van der Waals surface area contributed by atoms with Crippen molar-refractivity contribution in [1.82, 2.24) is 4.90 Å². The van der Waals surface area contributed by atoms with Crippen LogP contribution in [0.2, 0.25) is 0 Å². The highest BCUT2D eigenvalue weighted by Crippen LogP contribution is 2.21. The molecule has 0 unspecified atom stereocenters. The molecule has 0 amide bonds. The first-order valence-corrected chi connectivity index (χ1v) is 6.55. The molecule has 4 nitrogen and oxygen atoms in total. The summed E-state index contributed by atoms with van der Waals surface area (Å²) in [7, 11) is 1.87. The Morgan fingerprint density at radius 1 is 1.53 bits per heavy atom. The first kappa shape index (κ1) is 13.9. The minimum atomic E-state index is -0.728. The number of nitro benzene ring substituents is 1. The van der Waals surface area contributed by atoms with Gasteiger partial charge in [0, 0.05) is 30.5 Å². The Labute approximate surface area is 104 Å². The molecule has 0 N–H and O–H groups in total. The van der Waals surface area contributed by atoms with E-state index in [-0.39, 0.29) is 0 Å². The van der Waals surface area contributed by atoms with Gasteiger partial charge in [0.05, 0.1) is 4.92 Å². The molecule has 0 fully saturated rings. The van der Waals surface area contributed by atoms with E-state index in [4.69, 9.17) is 0 Å². The predicted octanol–water partition coefficient (Wildman–Crippen LogP) is 2.53. The van der Waals surface area contributed by atoms with Gasteiger partial charge in [0.1, 0.15) is 0 Å². The van der Waals surface area contributed by atoms with E-state index in [2.05, 4.69) is 0 Å². The highest BCUT2D eigenvalue weighted by atomic mass is 32.2. The van der Waals surface area contributed by atoms with E-state index in [1.807, 2.05) is 18.2 Å². The minimum Gasteiger partial charge on any atom is -0.301 e. The van der Waals surface area contributed by atoms with Crippen molar-refractivity contribution in [3.05, 3.63) is 39.7 Å². The third kappa shape index (κ3) is 3.98. The van der Waals surface area contributed by atoms with Crippen LogP contribution < -0.4 is 0 Å². The maximum atomic E-state index is 13.7. The van der Waals surface area contributed by atoms with Crippen molar-refractivity contribution in [2.75, 3.05) is 25.6 Å². The number of benzene rings is 1. The molecule has 0 spiro atoms. The third-order valence-corrected chi connectivity index (χ3v) is 2.96. The first-order valence-electron chi connectivity index (χ1n) is 5.15. The molecule has 6 heteroatoms. The van der Waals surface area contributed by atoms with Crippen LogP contribution in [0.25, 0.3) is 0 Å². The zero-order valence-corrected chi connectivity index (χ0v) is 10.7. The summed E-state index contributed by atoms with van der Waals surface area (Å²) in [6.07, 6.45) is 2.00. The van der Waals surface area contributed by atoms with Crippen molar-refractivity contribution >= 4 is 17.4 Å². The molecule has 1 rings (SSSR count). The number of hydrogen-bond acceptors (Lipinski definition) is 4. The predicted molar refractivity (Wildman–Crippen MR) is 67.8 cm³/mol. The van der Waals surface area contributed by atoms with Crippen LogP contribution in [0, 0.1) is 15.9 Å². The summed E-state index contributed by atoms with van der Waals surface area (Å²) in [4.78, 5) is 11.8. The lowest BCUT2D eigenvalue weighted by Crippen LogP contribution is -2.21. The molecule has 0 aliphatic carbocycles. The summed E-state index contributed by atoms with van der Waals surface area (Å²) in [5, 5.41) is 10.6. The van der Waals surface area contributed by atoms with E-state index in [1.54, 1.807) is 17.8 Å². The molecule has 0 aliphatic rings. The topological polar surface area (TPSA) is 46.4 Å². The number of thioether (sulfide) groups is 1. The molecule has 0 heterocycles. The average molecular weight is 258 g/mol. The number of hydrogen-bond donors (Lipinski definition) is 0. The molecular formula is C11H15FN2O2S. The highest BCUT2D eigenvalue weighted by Gasteiger charge is 2.17. The first-order chi connectivity index (χ1) is 8.06. The Bertz CT molecular complexity index is 401. The Hall–Kier alpha value is -1.14. The molecule has 0 aliphatic heterocycles. The van der Waals surface area contributed by atoms with Crippen molar-refractivity contribution < 1.29 is 9.31 Å². The van der Waals surface area contributed by atoms with Gasteiger partial charge in [-0.25, -0.2) is 0 Å². The zero-order chi connectivity index (χ0) is 12.8. The molecule has 0 aromatic heterocycles. The van der Waals surface area contributed by atoms with E-state index < -0.39 is 16.4 Å². The van der Waals surface area contributed by atoms with Crippen LogP contribution in [0.4, 0.5) is 10.1 Å². The van der Waals surface area contributed by atoms with Gasteiger partial charge in [-0.3, -0.25) is 10.1 Å². The van der Waals surface area contributed by atoms with Crippen molar-refractivity contribution in [1.29, 1.82) is 0 Å². The van der Waals surface area contributed by atoms with Crippen LogP contribution >= 0.6 is 11.8 Å². The Morgan fingerprint density at radius 2 is 2.24 bits per heavy atom. The van der Waals surface area contributed by atoms with Crippen LogP contribution in [-0.4, -0.2) is 35.4 Å². The van der Waals surface area contributed by atoms with E-state index in [9.17, 15) is 14.5 Å². The minimum absolute atomic E-state index is 0.364. The van der Waals surface area contributed by atoms with Crippen LogP contribution in [0.3, 0.4) is 0 Å². The van der Waals surface area contributed by atoms with Gasteiger partial charge in [-0.15, -0.1) is 0 Å². The molecule has 94 valence electrons. The Balaban J connectivity index is 2.77. The van der Waals surface area contributed by atoms with Crippen LogP contribution in [-0.2, 0) is 6.54 Å². The normalized spacial score (nSPS) is 10.8. The highest BCUT2D eigenvalue weighted by molar-refractivity contribution is 7.98. The molecule has 0 saturated heterocycles. The lowest BCUT2D eigenvalue weighted by molar-refractivity contribution is -0.387. The molecule has 17 heavy (non-hydrogen) atoms. The molecule has 0 radical (unpaired) electrons. The van der Waals surface area contributed by atoms with Crippen molar-refractivity contribution in [2.45, 2.75) is 6.54 Å². The maximum absolute atomic E-state index is 13.7. The van der Waals surface area contributed by atoms with E-state index in [1.165, 1.54) is 12.1 Å². The second-order valence-corrected chi connectivity index (χ2v) is 4.72. The standard InChI is InChI=1S/C11H15FN2O2S/c1-13(6-7-17-2)8-9-4-3-5-10(11(9)12)14(15)16/h3-5H,6-8H2,1-2H3. The molecule has 0 bridgehead atoms. The van der Waals surface area contributed by atoms with Gasteiger partial charge in [-0.2, -0.15) is 16.2 Å². The largest absolute Gasteiger partial charge is 0.305 e. The summed E-state index contributed by atoms with van der Waals surface area (Å²) in [6, 6.07) is 4.28. The Kier molecular flexibility index (Phi) is 5.37. The smallest absolute Gasteiger partial charge is 0.301 e. The van der Waals surface area contributed by atoms with E-state index in [0.717, 1.165) is 12.3 Å². The fraction of sp³-hybridized carbons (Fsp3) is 0.455. The van der Waals surface area contributed by atoms with Crippen molar-refractivity contribution in [2.24, 2.45) is 0 Å². The summed E-state index contributed by atoms with van der Waals surface area (Å²) in [6.45, 7) is 1.21. The fourth-order valence-corrected chi connectivity index (χ4v) is 1.94. The molecule has 1 aromatic carbocycles. The van der Waals surface area contributed by atoms with Crippen LogP contribution in [0.15, 0.2) is 18.2 Å². The summed E-state index contributed by atoms with van der Waals surface area (Å²) >= 11 is 1.71. The summed E-state index contributed by atoms with van der Waals surface area (Å²) < 4.78 is 13.7. The average Bonchev–Trinajstić information content (AvgIpc) is 2.28. The SMILES string of the molecule is CSCCN(C)Cc1cccc([N+](=O)[O-])c1F. The van der Waals surface area contributed by atoms with E-state index in [0.29, 0.717) is 12.1 Å². The van der Waals surface area contributed by atoms with Crippen molar-refractivity contribution in [3.8, 4) is 0 Å². The Morgan fingerprint density at radius 3 is 2.82 bits per heavy atom. The number of rotatable bonds is 6. The summed E-state index contributed by atoms with van der Waals surface area (Å²) in [5.41, 5.74) is -0.0939. The van der Waals surface area contributed by atoms with Gasteiger partial charge < -0.3 is 4.90 Å². The van der Waals surface area contributed by atoms with Gasteiger partial charge in [-0.1, -0.05) is 12.1 Å². The monoisotopic (exact) mass is 258 g/mol. The lowest BCUT2D eigenvalue weighted by Gasteiger charge is -2.16. The summed E-state index contributed by atoms with van der Waals surface area (Å²) in [5.74, 6) is 0.223.